The molecule has 4 nitrogen and oxygen atoms in total. The van der Waals surface area contributed by atoms with Crippen LogP contribution < -0.4 is 4.90 Å². The van der Waals surface area contributed by atoms with Crippen molar-refractivity contribution in [1.82, 2.24) is 0 Å². The molecule has 98 valence electrons. The standard InChI is InChI=1S/C12H13ClFNO3/c1-2-18-12(17)8-15(11(16)7-13)10-6-4-3-5-9(10)14/h3-6H,2,7-8H2,1H3. The highest BCUT2D eigenvalue weighted by Crippen LogP contribution is 2.19. The molecule has 0 aliphatic heterocycles. The van der Waals surface area contributed by atoms with Crippen LogP contribution in [0.4, 0.5) is 10.1 Å². The van der Waals surface area contributed by atoms with E-state index in [-0.39, 0.29) is 24.7 Å². The number of carbonyl (C=O) groups is 2. The molecule has 0 fully saturated rings. The van der Waals surface area contributed by atoms with E-state index in [1.807, 2.05) is 0 Å². The van der Waals surface area contributed by atoms with Gasteiger partial charge in [0.25, 0.3) is 0 Å². The maximum atomic E-state index is 13.6. The summed E-state index contributed by atoms with van der Waals surface area (Å²) in [6, 6.07) is 5.67. The fourth-order valence-corrected chi connectivity index (χ4v) is 1.53. The Balaban J connectivity index is 2.96. The molecule has 18 heavy (non-hydrogen) atoms. The Hall–Kier alpha value is -1.62. The molecule has 1 amide bonds. The van der Waals surface area contributed by atoms with Crippen LogP contribution in [0.3, 0.4) is 0 Å². The highest BCUT2D eigenvalue weighted by Gasteiger charge is 2.21. The van der Waals surface area contributed by atoms with Crippen molar-refractivity contribution in [2.45, 2.75) is 6.92 Å². The van der Waals surface area contributed by atoms with Crippen LogP contribution in [0, 0.1) is 5.82 Å². The number of anilines is 1. The first-order chi connectivity index (χ1) is 8.60. The molecule has 0 radical (unpaired) electrons. The van der Waals surface area contributed by atoms with Crippen molar-refractivity contribution in [3.8, 4) is 0 Å². The smallest absolute Gasteiger partial charge is 0.326 e. The van der Waals surface area contributed by atoms with E-state index < -0.39 is 17.7 Å². The predicted octanol–water partition coefficient (Wildman–Crippen LogP) is 1.96. The molecule has 1 aromatic rings. The second kappa shape index (κ2) is 6.96. The summed E-state index contributed by atoms with van der Waals surface area (Å²) in [6.45, 7) is 1.48. The minimum Gasteiger partial charge on any atom is -0.465 e. The number of hydrogen-bond donors (Lipinski definition) is 0. The maximum Gasteiger partial charge on any atom is 0.326 e. The van der Waals surface area contributed by atoms with Gasteiger partial charge in [0, 0.05) is 0 Å². The summed E-state index contributed by atoms with van der Waals surface area (Å²) >= 11 is 5.44. The highest BCUT2D eigenvalue weighted by molar-refractivity contribution is 6.29. The van der Waals surface area contributed by atoms with Gasteiger partial charge in [-0.25, -0.2) is 4.39 Å². The van der Waals surface area contributed by atoms with Crippen molar-refractivity contribution in [2.24, 2.45) is 0 Å². The highest BCUT2D eigenvalue weighted by atomic mass is 35.5. The summed E-state index contributed by atoms with van der Waals surface area (Å²) < 4.78 is 18.3. The number of rotatable bonds is 5. The van der Waals surface area contributed by atoms with Crippen LogP contribution >= 0.6 is 11.6 Å². The van der Waals surface area contributed by atoms with Gasteiger partial charge in [-0.1, -0.05) is 12.1 Å². The molecule has 1 rings (SSSR count). The van der Waals surface area contributed by atoms with Crippen LogP contribution in [0.1, 0.15) is 6.92 Å². The van der Waals surface area contributed by atoms with E-state index in [1.165, 1.54) is 18.2 Å². The van der Waals surface area contributed by atoms with Crippen LogP contribution in [0.2, 0.25) is 0 Å². The molecule has 0 saturated heterocycles. The lowest BCUT2D eigenvalue weighted by Crippen LogP contribution is -2.38. The van der Waals surface area contributed by atoms with Gasteiger partial charge in [-0.05, 0) is 19.1 Å². The van der Waals surface area contributed by atoms with Gasteiger partial charge in [0.05, 0.1) is 12.3 Å². The summed E-state index contributed by atoms with van der Waals surface area (Å²) in [5.41, 5.74) is 0.0104. The molecule has 0 aliphatic carbocycles. The van der Waals surface area contributed by atoms with Crippen LogP contribution in [0.5, 0.6) is 0 Å². The number of ether oxygens (including phenoxy) is 1. The second-order valence-corrected chi connectivity index (χ2v) is 3.64. The van der Waals surface area contributed by atoms with Crippen molar-refractivity contribution in [2.75, 3.05) is 23.9 Å². The fraction of sp³-hybridized carbons (Fsp3) is 0.333. The zero-order chi connectivity index (χ0) is 13.5. The Morgan fingerprint density at radius 3 is 2.61 bits per heavy atom. The summed E-state index contributed by atoms with van der Waals surface area (Å²) in [6.07, 6.45) is 0. The van der Waals surface area contributed by atoms with Crippen molar-refractivity contribution >= 4 is 29.2 Å². The van der Waals surface area contributed by atoms with E-state index in [4.69, 9.17) is 16.3 Å². The van der Waals surface area contributed by atoms with Gasteiger partial charge in [0.1, 0.15) is 18.2 Å². The fourth-order valence-electron chi connectivity index (χ4n) is 1.39. The average Bonchev–Trinajstić information content (AvgIpc) is 2.36. The maximum absolute atomic E-state index is 13.6. The number of nitrogens with zero attached hydrogens (tertiary/aromatic N) is 1. The summed E-state index contributed by atoms with van der Waals surface area (Å²) in [4.78, 5) is 24.0. The van der Waals surface area contributed by atoms with Crippen molar-refractivity contribution in [1.29, 1.82) is 0 Å². The SMILES string of the molecule is CCOC(=O)CN(C(=O)CCl)c1ccccc1F. The van der Waals surface area contributed by atoms with Gasteiger partial charge in [-0.3, -0.25) is 14.5 Å². The molecule has 0 aromatic heterocycles. The number of hydrogen-bond acceptors (Lipinski definition) is 3. The van der Waals surface area contributed by atoms with E-state index in [0.717, 1.165) is 4.90 Å². The number of carbonyl (C=O) groups excluding carboxylic acids is 2. The minimum atomic E-state index is -0.612. The molecule has 0 atom stereocenters. The van der Waals surface area contributed by atoms with Gasteiger partial charge in [-0.15, -0.1) is 11.6 Å². The lowest BCUT2D eigenvalue weighted by Gasteiger charge is -2.21. The Morgan fingerprint density at radius 2 is 2.06 bits per heavy atom. The number of esters is 1. The largest absolute Gasteiger partial charge is 0.465 e. The number of amides is 1. The molecule has 0 saturated carbocycles. The van der Waals surface area contributed by atoms with Crippen LogP contribution in [0.15, 0.2) is 24.3 Å². The third kappa shape index (κ3) is 3.70. The van der Waals surface area contributed by atoms with E-state index >= 15 is 0 Å². The molecule has 0 aliphatic rings. The van der Waals surface area contributed by atoms with Gasteiger partial charge in [-0.2, -0.15) is 0 Å². The molecular weight excluding hydrogens is 261 g/mol. The Morgan fingerprint density at radius 1 is 1.39 bits per heavy atom. The molecule has 0 bridgehead atoms. The van der Waals surface area contributed by atoms with Gasteiger partial charge in [0.15, 0.2) is 0 Å². The van der Waals surface area contributed by atoms with Gasteiger partial charge in [0.2, 0.25) is 5.91 Å². The van der Waals surface area contributed by atoms with Crippen LogP contribution in [-0.4, -0.2) is 30.9 Å². The molecule has 0 heterocycles. The van der Waals surface area contributed by atoms with Crippen molar-refractivity contribution < 1.29 is 18.7 Å². The third-order valence-electron chi connectivity index (χ3n) is 2.15. The number of alkyl halides is 1. The predicted molar refractivity (Wildman–Crippen MR) is 66.1 cm³/mol. The Bertz CT molecular complexity index is 439. The van der Waals surface area contributed by atoms with Crippen LogP contribution in [0.25, 0.3) is 0 Å². The zero-order valence-corrected chi connectivity index (χ0v) is 10.6. The number of para-hydroxylation sites is 1. The lowest BCUT2D eigenvalue weighted by molar-refractivity contribution is -0.142. The summed E-state index contributed by atoms with van der Waals surface area (Å²) in [7, 11) is 0. The molecule has 6 heteroatoms. The van der Waals surface area contributed by atoms with Crippen molar-refractivity contribution in [3.05, 3.63) is 30.1 Å². The zero-order valence-electron chi connectivity index (χ0n) is 9.86. The topological polar surface area (TPSA) is 46.6 Å². The minimum absolute atomic E-state index is 0.0104. The monoisotopic (exact) mass is 273 g/mol. The van der Waals surface area contributed by atoms with Crippen LogP contribution in [-0.2, 0) is 14.3 Å². The first kappa shape index (κ1) is 14.4. The summed E-state index contributed by atoms with van der Waals surface area (Å²) in [5, 5.41) is 0. The lowest BCUT2D eigenvalue weighted by atomic mass is 10.2. The van der Waals surface area contributed by atoms with Crippen molar-refractivity contribution in [3.63, 3.8) is 0 Å². The summed E-state index contributed by atoms with van der Waals surface area (Å²) in [5.74, 6) is -2.11. The van der Waals surface area contributed by atoms with E-state index in [1.54, 1.807) is 13.0 Å². The molecule has 0 N–H and O–H groups in total. The average molecular weight is 274 g/mol. The van der Waals surface area contributed by atoms with E-state index in [9.17, 15) is 14.0 Å². The van der Waals surface area contributed by atoms with E-state index in [0.29, 0.717) is 0 Å². The Labute approximate surface area is 109 Å². The normalized spacial score (nSPS) is 9.94. The van der Waals surface area contributed by atoms with E-state index in [2.05, 4.69) is 0 Å². The molecule has 0 spiro atoms. The number of benzene rings is 1. The third-order valence-corrected chi connectivity index (χ3v) is 2.38. The van der Waals surface area contributed by atoms with Gasteiger partial charge >= 0.3 is 5.97 Å². The molecular formula is C12H13ClFNO3. The molecule has 1 aromatic carbocycles. The second-order valence-electron chi connectivity index (χ2n) is 3.37. The quantitative estimate of drug-likeness (QED) is 0.609. The Kier molecular flexibility index (Phi) is 5.58. The number of halogens is 2. The molecule has 0 unspecified atom stereocenters. The van der Waals surface area contributed by atoms with Gasteiger partial charge < -0.3 is 4.74 Å². The first-order valence-corrected chi connectivity index (χ1v) is 5.90. The first-order valence-electron chi connectivity index (χ1n) is 5.36.